The van der Waals surface area contributed by atoms with E-state index in [9.17, 15) is 0 Å². The molecular weight excluding hydrogens is 292 g/mol. The maximum absolute atomic E-state index is 5.88. The number of nitrogens with zero attached hydrogens (tertiary/aromatic N) is 1. The van der Waals surface area contributed by atoms with Gasteiger partial charge in [0.15, 0.2) is 0 Å². The van der Waals surface area contributed by atoms with Gasteiger partial charge >= 0.3 is 0 Å². The Bertz CT molecular complexity index is 812. The lowest BCUT2D eigenvalue weighted by Gasteiger charge is -2.23. The van der Waals surface area contributed by atoms with Crippen LogP contribution in [0, 0.1) is 0 Å². The van der Waals surface area contributed by atoms with Crippen LogP contribution in [0.5, 0.6) is 5.75 Å². The van der Waals surface area contributed by atoms with Crippen molar-refractivity contribution in [1.82, 2.24) is 9.97 Å². The number of thioether (sulfide) groups is 1. The zero-order valence-corrected chi connectivity index (χ0v) is 13.3. The minimum absolute atomic E-state index is 0.296. The van der Waals surface area contributed by atoms with E-state index in [4.69, 9.17) is 9.72 Å². The maximum atomic E-state index is 5.88. The van der Waals surface area contributed by atoms with Gasteiger partial charge in [-0.15, -0.1) is 11.8 Å². The van der Waals surface area contributed by atoms with E-state index in [1.54, 1.807) is 0 Å². The standard InChI is InChI=1S/C18H18N2OS/c1-2-22-14-7-8-15-16(10-14)20-18(19-15)13-9-12-5-3-4-6-17(12)21-11-13/h3-8,10,13H,2,9,11H2,1H3,(H,19,20). The van der Waals surface area contributed by atoms with Gasteiger partial charge in [-0.2, -0.15) is 0 Å². The molecule has 0 saturated carbocycles. The highest BCUT2D eigenvalue weighted by Gasteiger charge is 2.23. The van der Waals surface area contributed by atoms with Gasteiger partial charge < -0.3 is 9.72 Å². The lowest BCUT2D eigenvalue weighted by Crippen LogP contribution is -2.20. The van der Waals surface area contributed by atoms with E-state index in [-0.39, 0.29) is 0 Å². The summed E-state index contributed by atoms with van der Waals surface area (Å²) in [5.74, 6) is 3.42. The van der Waals surface area contributed by atoms with Crippen molar-refractivity contribution in [1.29, 1.82) is 0 Å². The Balaban J connectivity index is 1.64. The number of ether oxygens (including phenoxy) is 1. The number of para-hydroxylation sites is 1. The highest BCUT2D eigenvalue weighted by molar-refractivity contribution is 7.99. The third-order valence-electron chi connectivity index (χ3n) is 4.05. The van der Waals surface area contributed by atoms with Gasteiger partial charge in [-0.05, 0) is 42.0 Å². The summed E-state index contributed by atoms with van der Waals surface area (Å²) >= 11 is 1.85. The third kappa shape index (κ3) is 2.48. The number of fused-ring (bicyclic) bond motifs is 2. The summed E-state index contributed by atoms with van der Waals surface area (Å²) in [7, 11) is 0. The number of hydrogen-bond donors (Lipinski definition) is 1. The summed E-state index contributed by atoms with van der Waals surface area (Å²) in [5, 5.41) is 0. The molecule has 1 aliphatic heterocycles. The van der Waals surface area contributed by atoms with Gasteiger partial charge in [0, 0.05) is 4.90 Å². The minimum atomic E-state index is 0.296. The second-order valence-electron chi connectivity index (χ2n) is 5.55. The fourth-order valence-electron chi connectivity index (χ4n) is 2.96. The Morgan fingerprint density at radius 1 is 1.27 bits per heavy atom. The van der Waals surface area contributed by atoms with Crippen LogP contribution in [-0.4, -0.2) is 22.3 Å². The number of hydrogen-bond acceptors (Lipinski definition) is 3. The second-order valence-corrected chi connectivity index (χ2v) is 6.89. The molecule has 4 heteroatoms. The number of rotatable bonds is 3. The van der Waals surface area contributed by atoms with E-state index < -0.39 is 0 Å². The van der Waals surface area contributed by atoms with Crippen LogP contribution in [0.25, 0.3) is 11.0 Å². The molecule has 0 aliphatic carbocycles. The summed E-state index contributed by atoms with van der Waals surface area (Å²) in [6.45, 7) is 2.86. The lowest BCUT2D eigenvalue weighted by molar-refractivity contribution is 0.258. The first kappa shape index (κ1) is 13.7. The Morgan fingerprint density at radius 2 is 2.18 bits per heavy atom. The van der Waals surface area contributed by atoms with Crippen LogP contribution >= 0.6 is 11.8 Å². The Labute approximate surface area is 134 Å². The second kappa shape index (κ2) is 5.69. The van der Waals surface area contributed by atoms with Crippen molar-refractivity contribution in [2.75, 3.05) is 12.4 Å². The molecule has 1 unspecified atom stereocenters. The van der Waals surface area contributed by atoms with Gasteiger partial charge in [0.2, 0.25) is 0 Å². The Morgan fingerprint density at radius 3 is 3.09 bits per heavy atom. The van der Waals surface area contributed by atoms with Crippen LogP contribution in [0.2, 0.25) is 0 Å². The van der Waals surface area contributed by atoms with E-state index in [1.165, 1.54) is 10.5 Å². The molecule has 0 radical (unpaired) electrons. The molecule has 112 valence electrons. The maximum Gasteiger partial charge on any atom is 0.122 e. The molecule has 22 heavy (non-hydrogen) atoms. The molecule has 2 aromatic carbocycles. The average Bonchev–Trinajstić information content (AvgIpc) is 2.98. The quantitative estimate of drug-likeness (QED) is 0.729. The van der Waals surface area contributed by atoms with Gasteiger partial charge in [-0.3, -0.25) is 0 Å². The first-order valence-electron chi connectivity index (χ1n) is 7.66. The van der Waals surface area contributed by atoms with Gasteiger partial charge in [0.05, 0.1) is 23.6 Å². The average molecular weight is 310 g/mol. The minimum Gasteiger partial charge on any atom is -0.493 e. The van der Waals surface area contributed by atoms with Gasteiger partial charge in [-0.1, -0.05) is 25.1 Å². The van der Waals surface area contributed by atoms with E-state index >= 15 is 0 Å². The summed E-state index contributed by atoms with van der Waals surface area (Å²) in [5.41, 5.74) is 3.42. The highest BCUT2D eigenvalue weighted by Crippen LogP contribution is 2.32. The van der Waals surface area contributed by atoms with Crippen LogP contribution in [0.3, 0.4) is 0 Å². The first-order chi connectivity index (χ1) is 10.8. The van der Waals surface area contributed by atoms with Crippen molar-refractivity contribution in [2.45, 2.75) is 24.2 Å². The van der Waals surface area contributed by atoms with Gasteiger partial charge in [-0.25, -0.2) is 4.98 Å². The fourth-order valence-corrected chi connectivity index (χ4v) is 3.66. The van der Waals surface area contributed by atoms with Crippen LogP contribution in [-0.2, 0) is 6.42 Å². The molecule has 0 spiro atoms. The third-order valence-corrected chi connectivity index (χ3v) is 4.92. The smallest absolute Gasteiger partial charge is 0.122 e. The fraction of sp³-hybridized carbons (Fsp3) is 0.278. The molecule has 1 atom stereocenters. The van der Waals surface area contributed by atoms with E-state index in [2.05, 4.69) is 42.2 Å². The van der Waals surface area contributed by atoms with Crippen molar-refractivity contribution >= 4 is 22.8 Å². The molecule has 3 nitrogen and oxygen atoms in total. The molecule has 1 N–H and O–H groups in total. The first-order valence-corrected chi connectivity index (χ1v) is 8.65. The van der Waals surface area contributed by atoms with Crippen molar-refractivity contribution in [3.8, 4) is 5.75 Å². The highest BCUT2D eigenvalue weighted by atomic mass is 32.2. The molecule has 4 rings (SSSR count). The monoisotopic (exact) mass is 310 g/mol. The zero-order chi connectivity index (χ0) is 14.9. The van der Waals surface area contributed by atoms with Crippen LogP contribution in [0.4, 0.5) is 0 Å². The van der Waals surface area contributed by atoms with E-state index in [0.717, 1.165) is 34.8 Å². The number of aromatic amines is 1. The predicted molar refractivity (Wildman–Crippen MR) is 90.9 cm³/mol. The van der Waals surface area contributed by atoms with Crippen LogP contribution in [0.15, 0.2) is 47.4 Å². The SMILES string of the molecule is CCSc1ccc2nc(C3COc4ccccc4C3)[nH]c2c1. The predicted octanol–water partition coefficient (Wildman–Crippen LogP) is 4.39. The normalized spacial score (nSPS) is 17.2. The molecule has 0 fully saturated rings. The van der Waals surface area contributed by atoms with Crippen molar-refractivity contribution < 1.29 is 4.74 Å². The van der Waals surface area contributed by atoms with Crippen molar-refractivity contribution in [2.24, 2.45) is 0 Å². The number of imidazole rings is 1. The Kier molecular flexibility index (Phi) is 3.54. The van der Waals surface area contributed by atoms with Crippen molar-refractivity contribution in [3.05, 3.63) is 53.9 Å². The summed E-state index contributed by atoms with van der Waals surface area (Å²) in [4.78, 5) is 9.54. The van der Waals surface area contributed by atoms with Gasteiger partial charge in [0.25, 0.3) is 0 Å². The summed E-state index contributed by atoms with van der Waals surface area (Å²) in [6.07, 6.45) is 0.979. The van der Waals surface area contributed by atoms with Crippen LogP contribution < -0.4 is 4.74 Å². The molecule has 1 aliphatic rings. The lowest BCUT2D eigenvalue weighted by atomic mass is 9.96. The molecule has 0 bridgehead atoms. The molecule has 2 heterocycles. The molecule has 1 aromatic heterocycles. The van der Waals surface area contributed by atoms with Crippen LogP contribution in [0.1, 0.15) is 24.2 Å². The van der Waals surface area contributed by atoms with E-state index in [1.807, 2.05) is 23.9 Å². The molecule has 3 aromatic rings. The number of aromatic nitrogens is 2. The summed E-state index contributed by atoms with van der Waals surface area (Å²) < 4.78 is 5.88. The summed E-state index contributed by atoms with van der Waals surface area (Å²) in [6, 6.07) is 14.7. The largest absolute Gasteiger partial charge is 0.493 e. The number of H-pyrrole nitrogens is 1. The molecular formula is C18H18N2OS. The molecule has 0 saturated heterocycles. The number of nitrogens with one attached hydrogen (secondary N) is 1. The number of benzene rings is 2. The van der Waals surface area contributed by atoms with E-state index in [0.29, 0.717) is 12.5 Å². The molecule has 0 amide bonds. The van der Waals surface area contributed by atoms with Crippen molar-refractivity contribution in [3.63, 3.8) is 0 Å². The Hall–Kier alpha value is -1.94. The van der Waals surface area contributed by atoms with Gasteiger partial charge in [0.1, 0.15) is 11.6 Å². The topological polar surface area (TPSA) is 37.9 Å². The zero-order valence-electron chi connectivity index (χ0n) is 12.5.